The second-order valence-corrected chi connectivity index (χ2v) is 14.8. The first-order chi connectivity index (χ1) is 28.7. The summed E-state index contributed by atoms with van der Waals surface area (Å²) in [5.41, 5.74) is 18.0. The quantitative estimate of drug-likeness (QED) is 0.0716. The zero-order valence-electron chi connectivity index (χ0n) is 32.0. The van der Waals surface area contributed by atoms with Gasteiger partial charge in [-0.15, -0.1) is 0 Å². The number of hydrogen-bond acceptors (Lipinski definition) is 1. The fraction of sp³-hybridized carbons (Fsp3) is 0.0179. The maximum Gasteiger partial charge on any atom is 0.131 e. The summed E-state index contributed by atoms with van der Waals surface area (Å²) >= 11 is 0. The molecule has 10 aromatic rings. The topological polar surface area (TPSA) is 38.4 Å². The number of benzene rings is 10. The van der Waals surface area contributed by atoms with Crippen molar-refractivity contribution in [2.75, 3.05) is 0 Å². The number of aliphatic imine (C=N–C) groups is 1. The van der Waals surface area contributed by atoms with Crippen LogP contribution >= 0.6 is 0 Å². The smallest absolute Gasteiger partial charge is 0.131 e. The van der Waals surface area contributed by atoms with Crippen LogP contribution in [-0.2, 0) is 6.42 Å². The van der Waals surface area contributed by atoms with E-state index in [4.69, 9.17) is 10.7 Å². The molecule has 2 heteroatoms. The summed E-state index contributed by atoms with van der Waals surface area (Å²) in [6.07, 6.45) is 2.91. The first-order valence-electron chi connectivity index (χ1n) is 19.9. The molecule has 0 bridgehead atoms. The molecular formula is C56H40N2. The third-order valence-corrected chi connectivity index (χ3v) is 11.3. The number of nitrogens with two attached hydrogens (primary N) is 1. The van der Waals surface area contributed by atoms with Crippen LogP contribution in [0.1, 0.15) is 16.7 Å². The number of rotatable bonds is 8. The van der Waals surface area contributed by atoms with E-state index < -0.39 is 0 Å². The molecule has 0 amide bonds. The zero-order valence-corrected chi connectivity index (χ0v) is 32.0. The van der Waals surface area contributed by atoms with Gasteiger partial charge >= 0.3 is 0 Å². The minimum absolute atomic E-state index is 0.488. The van der Waals surface area contributed by atoms with Gasteiger partial charge in [-0.3, -0.25) is 0 Å². The van der Waals surface area contributed by atoms with Crippen molar-refractivity contribution in [2.24, 2.45) is 10.7 Å². The first kappa shape index (κ1) is 34.9. The molecule has 0 aliphatic carbocycles. The Morgan fingerprint density at radius 1 is 0.397 bits per heavy atom. The van der Waals surface area contributed by atoms with Crippen LogP contribution in [0.4, 0.5) is 0 Å². The Kier molecular flexibility index (Phi) is 9.13. The molecule has 2 nitrogen and oxygen atoms in total. The van der Waals surface area contributed by atoms with Gasteiger partial charge in [0.25, 0.3) is 0 Å². The van der Waals surface area contributed by atoms with E-state index in [0.717, 1.165) is 22.4 Å². The van der Waals surface area contributed by atoms with Crippen LogP contribution in [0, 0.1) is 0 Å². The summed E-state index contributed by atoms with van der Waals surface area (Å²) in [5.74, 6) is 0.488. The molecule has 2 N–H and O–H groups in total. The summed E-state index contributed by atoms with van der Waals surface area (Å²) in [4.78, 5) is 5.08. The van der Waals surface area contributed by atoms with Gasteiger partial charge in [-0.2, -0.15) is 0 Å². The maximum absolute atomic E-state index is 6.70. The second kappa shape index (κ2) is 15.2. The Bertz CT molecular complexity index is 3150. The monoisotopic (exact) mass is 740 g/mol. The van der Waals surface area contributed by atoms with E-state index in [0.29, 0.717) is 12.3 Å². The molecule has 0 aliphatic heterocycles. The Hall–Kier alpha value is -7.55. The highest BCUT2D eigenvalue weighted by Gasteiger charge is 2.19. The molecule has 0 fully saturated rings. The Balaban J connectivity index is 1.08. The average molecular weight is 741 g/mol. The second-order valence-electron chi connectivity index (χ2n) is 14.8. The number of fused-ring (bicyclic) bond motifs is 5. The largest absolute Gasteiger partial charge is 0.383 e. The maximum atomic E-state index is 6.70. The van der Waals surface area contributed by atoms with E-state index in [1.54, 1.807) is 0 Å². The van der Waals surface area contributed by atoms with Gasteiger partial charge in [0.1, 0.15) is 5.84 Å². The third-order valence-electron chi connectivity index (χ3n) is 11.3. The van der Waals surface area contributed by atoms with Crippen LogP contribution in [0.25, 0.3) is 82.2 Å². The zero-order chi connectivity index (χ0) is 38.8. The van der Waals surface area contributed by atoms with Gasteiger partial charge in [-0.25, -0.2) is 4.99 Å². The van der Waals surface area contributed by atoms with Crippen molar-refractivity contribution < 1.29 is 0 Å². The number of nitrogens with zero attached hydrogens (tertiary/aromatic N) is 1. The Labute approximate surface area is 338 Å². The molecule has 0 saturated carbocycles. The minimum atomic E-state index is 0.488. The lowest BCUT2D eigenvalue weighted by Crippen LogP contribution is -2.13. The number of amidine groups is 1. The predicted octanol–water partition coefficient (Wildman–Crippen LogP) is 14.3. The Morgan fingerprint density at radius 2 is 0.948 bits per heavy atom. The van der Waals surface area contributed by atoms with E-state index in [1.165, 1.54) is 76.5 Å². The van der Waals surface area contributed by atoms with Gasteiger partial charge in [-0.1, -0.05) is 218 Å². The molecule has 0 aliphatic rings. The summed E-state index contributed by atoms with van der Waals surface area (Å²) < 4.78 is 0. The van der Waals surface area contributed by atoms with E-state index in [2.05, 4.69) is 188 Å². The van der Waals surface area contributed by atoms with Gasteiger partial charge in [0.15, 0.2) is 0 Å². The molecule has 10 aromatic carbocycles. The molecule has 0 spiro atoms. The van der Waals surface area contributed by atoms with Crippen LogP contribution in [0.2, 0.25) is 0 Å². The molecule has 274 valence electrons. The van der Waals surface area contributed by atoms with Crippen molar-refractivity contribution in [1.29, 1.82) is 0 Å². The SMILES string of the molecule is NC(=N/C(=C\Cc1ccc(-c2cccc3ccccc23)cc1)c1ccc(-c2c3ccccc3c(-c3ccccc3)c3ccc4ccccc4c23)cc1)c1ccccc1. The van der Waals surface area contributed by atoms with Crippen molar-refractivity contribution in [3.05, 3.63) is 235 Å². The van der Waals surface area contributed by atoms with Gasteiger partial charge < -0.3 is 5.73 Å². The molecule has 58 heavy (non-hydrogen) atoms. The fourth-order valence-corrected chi connectivity index (χ4v) is 8.51. The van der Waals surface area contributed by atoms with Crippen LogP contribution in [0.5, 0.6) is 0 Å². The van der Waals surface area contributed by atoms with E-state index in [-0.39, 0.29) is 0 Å². The molecule has 0 aromatic heterocycles. The van der Waals surface area contributed by atoms with Crippen molar-refractivity contribution >= 4 is 54.6 Å². The van der Waals surface area contributed by atoms with Crippen molar-refractivity contribution in [3.63, 3.8) is 0 Å². The summed E-state index contributed by atoms with van der Waals surface area (Å²) in [5, 5.41) is 9.95. The highest BCUT2D eigenvalue weighted by Crippen LogP contribution is 2.46. The third kappa shape index (κ3) is 6.51. The normalized spacial score (nSPS) is 12.1. The van der Waals surface area contributed by atoms with Crippen LogP contribution in [0.15, 0.2) is 223 Å². The molecule has 0 saturated heterocycles. The standard InChI is InChI=1S/C56H40N2/c57-56(45-18-5-2-6-19-45)58-52(37-28-38-26-29-41(30-27-38)47-25-13-20-39-14-7-9-21-46(39)47)42-31-33-44(34-32-42)54-50-24-12-11-23-49(50)53(43-16-3-1-4-17-43)51-36-35-40-15-8-10-22-48(40)55(51)54/h1-27,29-37H,28H2,(H2,57,58)/b52-37-. The number of hydrogen-bond donors (Lipinski definition) is 1. The Morgan fingerprint density at radius 3 is 1.67 bits per heavy atom. The first-order valence-corrected chi connectivity index (χ1v) is 19.9. The average Bonchev–Trinajstić information content (AvgIpc) is 3.30. The molecule has 0 heterocycles. The van der Waals surface area contributed by atoms with Crippen LogP contribution in [-0.4, -0.2) is 5.84 Å². The molecule has 0 atom stereocenters. The summed E-state index contributed by atoms with van der Waals surface area (Å²) in [7, 11) is 0. The lowest BCUT2D eigenvalue weighted by atomic mass is 9.84. The van der Waals surface area contributed by atoms with Crippen molar-refractivity contribution in [3.8, 4) is 33.4 Å². The van der Waals surface area contributed by atoms with Gasteiger partial charge in [0.2, 0.25) is 0 Å². The van der Waals surface area contributed by atoms with Crippen molar-refractivity contribution in [2.45, 2.75) is 6.42 Å². The van der Waals surface area contributed by atoms with Crippen molar-refractivity contribution in [1.82, 2.24) is 0 Å². The number of allylic oxidation sites excluding steroid dienone is 1. The lowest BCUT2D eigenvalue weighted by molar-refractivity contribution is 1.26. The highest BCUT2D eigenvalue weighted by molar-refractivity contribution is 6.27. The molecule has 0 unspecified atom stereocenters. The minimum Gasteiger partial charge on any atom is -0.383 e. The lowest BCUT2D eigenvalue weighted by Gasteiger charge is -2.19. The fourth-order valence-electron chi connectivity index (χ4n) is 8.51. The molecule has 0 radical (unpaired) electrons. The van der Waals surface area contributed by atoms with Gasteiger partial charge in [-0.05, 0) is 94.0 Å². The predicted molar refractivity (Wildman–Crippen MR) is 248 cm³/mol. The van der Waals surface area contributed by atoms with E-state index in [9.17, 15) is 0 Å². The van der Waals surface area contributed by atoms with Crippen LogP contribution < -0.4 is 5.73 Å². The molecular weight excluding hydrogens is 701 g/mol. The summed E-state index contributed by atoms with van der Waals surface area (Å²) in [6, 6.07) is 75.8. The van der Waals surface area contributed by atoms with E-state index in [1.807, 2.05) is 30.3 Å². The summed E-state index contributed by atoms with van der Waals surface area (Å²) in [6.45, 7) is 0. The van der Waals surface area contributed by atoms with Gasteiger partial charge in [0, 0.05) is 5.56 Å². The molecule has 10 rings (SSSR count). The van der Waals surface area contributed by atoms with E-state index >= 15 is 0 Å². The van der Waals surface area contributed by atoms with Crippen LogP contribution in [0.3, 0.4) is 0 Å². The van der Waals surface area contributed by atoms with Gasteiger partial charge in [0.05, 0.1) is 5.70 Å². The highest BCUT2D eigenvalue weighted by atomic mass is 14.9.